The van der Waals surface area contributed by atoms with E-state index in [0.717, 1.165) is 19.3 Å². The second-order valence-corrected chi connectivity index (χ2v) is 7.05. The lowest BCUT2D eigenvalue weighted by molar-refractivity contribution is 0.0461. The Morgan fingerprint density at radius 2 is 1.93 bits per heavy atom. The van der Waals surface area contributed by atoms with Gasteiger partial charge in [0.15, 0.2) is 12.4 Å². The number of aromatic nitrogens is 4. The molecule has 140 valence electrons. The number of hydrogen-bond acceptors (Lipinski definition) is 5. The minimum absolute atomic E-state index is 0.0285. The summed E-state index contributed by atoms with van der Waals surface area (Å²) in [6.45, 7) is -0.0285. The normalized spacial score (nSPS) is 13.2. The molecular weight excluding hydrogens is 356 g/mol. The molecule has 0 saturated carbocycles. The van der Waals surface area contributed by atoms with Crippen LogP contribution in [0.5, 0.6) is 0 Å². The molecule has 0 radical (unpaired) electrons. The fourth-order valence-corrected chi connectivity index (χ4v) is 3.90. The number of carbonyl (C=O) groups is 1. The summed E-state index contributed by atoms with van der Waals surface area (Å²) in [6, 6.07) is 13.0. The van der Waals surface area contributed by atoms with Crippen molar-refractivity contribution in [1.29, 1.82) is 0 Å². The largest absolute Gasteiger partial charge is 0.454 e. The maximum Gasteiger partial charge on any atom is 0.338 e. The molecule has 2 aromatic carbocycles. The first-order valence-electron chi connectivity index (χ1n) is 9.24. The molecule has 0 bridgehead atoms. The van der Waals surface area contributed by atoms with Gasteiger partial charge in [-0.3, -0.25) is 13.8 Å². The number of carbonyl (C=O) groups excluding carboxylic acids is 1. The molecule has 0 atom stereocenters. The van der Waals surface area contributed by atoms with Crippen molar-refractivity contribution in [3.8, 4) is 0 Å². The molecule has 2 aromatic heterocycles. The van der Waals surface area contributed by atoms with E-state index in [1.54, 1.807) is 17.5 Å². The molecule has 2 heterocycles. The molecule has 0 unspecified atom stereocenters. The van der Waals surface area contributed by atoms with Crippen LogP contribution in [0.1, 0.15) is 33.7 Å². The Bertz CT molecular complexity index is 1300. The lowest BCUT2D eigenvalue weighted by Crippen LogP contribution is -2.20. The maximum absolute atomic E-state index is 12.5. The van der Waals surface area contributed by atoms with Crippen LogP contribution in [0.4, 0.5) is 0 Å². The highest BCUT2D eigenvalue weighted by Gasteiger charge is 2.18. The number of aryl methyl sites for hydroxylation is 3. The highest BCUT2D eigenvalue weighted by atomic mass is 16.5. The van der Waals surface area contributed by atoms with Crippen molar-refractivity contribution in [2.24, 2.45) is 7.05 Å². The smallest absolute Gasteiger partial charge is 0.338 e. The minimum Gasteiger partial charge on any atom is -0.454 e. The van der Waals surface area contributed by atoms with Crippen LogP contribution in [0.3, 0.4) is 0 Å². The van der Waals surface area contributed by atoms with Gasteiger partial charge in [0, 0.05) is 7.05 Å². The van der Waals surface area contributed by atoms with Gasteiger partial charge in [0.2, 0.25) is 5.78 Å². The highest BCUT2D eigenvalue weighted by molar-refractivity contribution is 5.89. The molecule has 0 fully saturated rings. The van der Waals surface area contributed by atoms with Crippen molar-refractivity contribution in [1.82, 2.24) is 19.2 Å². The summed E-state index contributed by atoms with van der Waals surface area (Å²) in [4.78, 5) is 25.0. The number of ether oxygens (including phenoxy) is 1. The summed E-state index contributed by atoms with van der Waals surface area (Å²) in [5.74, 6) is 0.490. The van der Waals surface area contributed by atoms with Crippen LogP contribution < -0.4 is 5.56 Å². The zero-order valence-electron chi connectivity index (χ0n) is 15.4. The molecule has 0 spiro atoms. The van der Waals surface area contributed by atoms with E-state index in [1.807, 2.05) is 36.4 Å². The lowest BCUT2D eigenvalue weighted by atomic mass is 10.1. The van der Waals surface area contributed by atoms with Gasteiger partial charge in [0.05, 0.1) is 16.5 Å². The van der Waals surface area contributed by atoms with E-state index in [4.69, 9.17) is 4.74 Å². The third-order valence-corrected chi connectivity index (χ3v) is 5.36. The molecule has 1 aliphatic rings. The van der Waals surface area contributed by atoms with Gasteiger partial charge in [-0.05, 0) is 54.7 Å². The van der Waals surface area contributed by atoms with E-state index in [1.165, 1.54) is 15.7 Å². The Kier molecular flexibility index (Phi) is 3.75. The molecule has 0 amide bonds. The van der Waals surface area contributed by atoms with E-state index in [0.29, 0.717) is 28.1 Å². The van der Waals surface area contributed by atoms with Crippen molar-refractivity contribution >= 4 is 22.6 Å². The van der Waals surface area contributed by atoms with Gasteiger partial charge in [0.25, 0.3) is 5.56 Å². The van der Waals surface area contributed by atoms with E-state index in [2.05, 4.69) is 10.2 Å². The molecule has 1 aliphatic carbocycles. The Morgan fingerprint density at radius 3 is 2.82 bits per heavy atom. The molecule has 4 aromatic rings. The Balaban J connectivity index is 1.49. The van der Waals surface area contributed by atoms with E-state index >= 15 is 0 Å². The Labute approximate surface area is 160 Å². The number of esters is 1. The quantitative estimate of drug-likeness (QED) is 0.515. The van der Waals surface area contributed by atoms with Gasteiger partial charge in [-0.2, -0.15) is 0 Å². The summed E-state index contributed by atoms with van der Waals surface area (Å²) in [5.41, 5.74) is 3.63. The molecule has 0 aliphatic heterocycles. The van der Waals surface area contributed by atoms with Gasteiger partial charge in [-0.15, -0.1) is 10.2 Å². The second-order valence-electron chi connectivity index (χ2n) is 7.05. The summed E-state index contributed by atoms with van der Waals surface area (Å²) < 4.78 is 8.71. The number of fused-ring (bicyclic) bond motifs is 4. The third kappa shape index (κ3) is 2.51. The summed E-state index contributed by atoms with van der Waals surface area (Å²) in [5, 5.41) is 8.82. The highest BCUT2D eigenvalue weighted by Crippen LogP contribution is 2.23. The van der Waals surface area contributed by atoms with Crippen LogP contribution in [0.2, 0.25) is 0 Å². The van der Waals surface area contributed by atoms with Gasteiger partial charge < -0.3 is 4.74 Å². The average molecular weight is 374 g/mol. The predicted octanol–water partition coefficient (Wildman–Crippen LogP) is 2.43. The monoisotopic (exact) mass is 374 g/mol. The summed E-state index contributed by atoms with van der Waals surface area (Å²) in [6.07, 6.45) is 3.21. The molecule has 7 nitrogen and oxygen atoms in total. The second kappa shape index (κ2) is 6.30. The zero-order valence-corrected chi connectivity index (χ0v) is 15.4. The van der Waals surface area contributed by atoms with Crippen LogP contribution >= 0.6 is 0 Å². The van der Waals surface area contributed by atoms with Gasteiger partial charge in [-0.25, -0.2) is 4.79 Å². The van der Waals surface area contributed by atoms with Crippen molar-refractivity contribution in [2.45, 2.75) is 25.9 Å². The number of benzene rings is 2. The summed E-state index contributed by atoms with van der Waals surface area (Å²) >= 11 is 0. The minimum atomic E-state index is -0.388. The van der Waals surface area contributed by atoms with Gasteiger partial charge in [0.1, 0.15) is 0 Å². The average Bonchev–Trinajstić information content (AvgIpc) is 3.36. The Hall–Kier alpha value is -3.48. The van der Waals surface area contributed by atoms with E-state index < -0.39 is 0 Å². The van der Waals surface area contributed by atoms with Gasteiger partial charge >= 0.3 is 5.97 Å². The number of para-hydroxylation sites is 1. The number of rotatable bonds is 3. The van der Waals surface area contributed by atoms with Crippen LogP contribution in [-0.2, 0) is 31.2 Å². The topological polar surface area (TPSA) is 78.5 Å². The van der Waals surface area contributed by atoms with Crippen LogP contribution in [-0.4, -0.2) is 25.1 Å². The fourth-order valence-electron chi connectivity index (χ4n) is 3.90. The number of nitrogens with zero attached hydrogens (tertiary/aromatic N) is 4. The fraction of sp³-hybridized carbons (Fsp3) is 0.238. The third-order valence-electron chi connectivity index (χ3n) is 5.36. The summed E-state index contributed by atoms with van der Waals surface area (Å²) in [7, 11) is 1.65. The van der Waals surface area contributed by atoms with Crippen LogP contribution in [0, 0.1) is 0 Å². The van der Waals surface area contributed by atoms with Crippen LogP contribution in [0.15, 0.2) is 47.3 Å². The predicted molar refractivity (Wildman–Crippen MR) is 103 cm³/mol. The van der Waals surface area contributed by atoms with Crippen LogP contribution in [0.25, 0.3) is 16.7 Å². The Morgan fingerprint density at radius 1 is 1.11 bits per heavy atom. The van der Waals surface area contributed by atoms with E-state index in [9.17, 15) is 9.59 Å². The first-order chi connectivity index (χ1) is 13.6. The molecule has 0 saturated heterocycles. The van der Waals surface area contributed by atoms with Crippen molar-refractivity contribution in [3.63, 3.8) is 0 Å². The SMILES string of the molecule is Cn1c(=O)c2ccccc2n2c(COC(=O)c3ccc4c(c3)CCC4)nnc12. The van der Waals surface area contributed by atoms with Crippen molar-refractivity contribution < 1.29 is 9.53 Å². The maximum atomic E-state index is 12.5. The standard InChI is InChI=1S/C21H18N4O3/c1-24-19(26)16-7-2-3-8-17(16)25-18(22-23-21(24)25)12-28-20(27)15-10-9-13-5-4-6-14(13)11-15/h2-3,7-11H,4-6,12H2,1H3. The first kappa shape index (κ1) is 16.7. The first-order valence-corrected chi connectivity index (χ1v) is 9.24. The zero-order chi connectivity index (χ0) is 19.3. The van der Waals surface area contributed by atoms with E-state index in [-0.39, 0.29) is 18.1 Å². The molecule has 28 heavy (non-hydrogen) atoms. The molecule has 5 rings (SSSR count). The number of hydrogen-bond donors (Lipinski definition) is 0. The molecular formula is C21H18N4O3. The molecule has 7 heteroatoms. The van der Waals surface area contributed by atoms with Gasteiger partial charge in [-0.1, -0.05) is 18.2 Å². The lowest BCUT2D eigenvalue weighted by Gasteiger charge is -2.09. The van der Waals surface area contributed by atoms with Crippen molar-refractivity contribution in [3.05, 3.63) is 75.3 Å². The molecule has 0 N–H and O–H groups in total. The van der Waals surface area contributed by atoms with Crippen molar-refractivity contribution in [2.75, 3.05) is 0 Å².